The number of hydrogen-bond donors (Lipinski definition) is 2. The van der Waals surface area contributed by atoms with Gasteiger partial charge in [0.25, 0.3) is 0 Å². The van der Waals surface area contributed by atoms with E-state index in [9.17, 15) is 5.11 Å². The van der Waals surface area contributed by atoms with Crippen molar-refractivity contribution in [3.63, 3.8) is 0 Å². The first-order chi connectivity index (χ1) is 14.9. The fraction of sp³-hybridized carbons (Fsp3) is 0.929. The van der Waals surface area contributed by atoms with Crippen molar-refractivity contribution in [1.29, 1.82) is 0 Å². The van der Waals surface area contributed by atoms with Crippen LogP contribution in [0.4, 0.5) is 0 Å². The van der Waals surface area contributed by atoms with E-state index >= 15 is 0 Å². The van der Waals surface area contributed by atoms with Gasteiger partial charge in [0.2, 0.25) is 0 Å². The van der Waals surface area contributed by atoms with E-state index < -0.39 is 0 Å². The van der Waals surface area contributed by atoms with Crippen LogP contribution < -0.4 is 5.32 Å². The number of methoxy groups -OCH3 is 1. The lowest BCUT2D eigenvalue weighted by molar-refractivity contribution is -0.0723. The lowest BCUT2D eigenvalue weighted by Crippen LogP contribution is -2.44. The molecule has 4 aliphatic rings. The molecule has 3 aliphatic carbocycles. The van der Waals surface area contributed by atoms with Gasteiger partial charge in [-0.2, -0.15) is 0 Å². The number of aliphatic hydroxyl groups excluding tert-OH is 1. The van der Waals surface area contributed by atoms with Crippen molar-refractivity contribution >= 4 is 0 Å². The fourth-order valence-corrected chi connectivity index (χ4v) is 7.97. The highest BCUT2D eigenvalue weighted by Crippen LogP contribution is 2.48. The van der Waals surface area contributed by atoms with Crippen LogP contribution in [0.2, 0.25) is 0 Å². The van der Waals surface area contributed by atoms with E-state index in [4.69, 9.17) is 4.74 Å². The van der Waals surface area contributed by atoms with Crippen LogP contribution in [0.3, 0.4) is 0 Å². The van der Waals surface area contributed by atoms with E-state index in [1.54, 1.807) is 5.57 Å². The lowest BCUT2D eigenvalue weighted by Gasteiger charge is -2.46. The predicted octanol–water partition coefficient (Wildman–Crippen LogP) is 6.17. The highest BCUT2D eigenvalue weighted by Gasteiger charge is 2.47. The SMILES string of the molecule is COC1C(C(C)C)CC(CC2C(O)NC3CC(C4CCCCC4)=CC[C@H]32)CC1C(C)C. The molecule has 0 aromatic rings. The van der Waals surface area contributed by atoms with Crippen LogP contribution in [-0.2, 0) is 4.74 Å². The summed E-state index contributed by atoms with van der Waals surface area (Å²) in [6, 6.07) is 0.499. The molecule has 31 heavy (non-hydrogen) atoms. The summed E-state index contributed by atoms with van der Waals surface area (Å²) in [7, 11) is 1.92. The van der Waals surface area contributed by atoms with E-state index in [-0.39, 0.29) is 6.23 Å². The van der Waals surface area contributed by atoms with Crippen LogP contribution in [0.25, 0.3) is 0 Å². The average molecular weight is 432 g/mol. The third-order valence-corrected chi connectivity index (χ3v) is 9.74. The van der Waals surface area contributed by atoms with Gasteiger partial charge >= 0.3 is 0 Å². The molecule has 0 radical (unpaired) electrons. The van der Waals surface area contributed by atoms with E-state index in [1.807, 2.05) is 7.11 Å². The molecule has 2 N–H and O–H groups in total. The zero-order chi connectivity index (χ0) is 22.1. The highest BCUT2D eigenvalue weighted by molar-refractivity contribution is 5.17. The summed E-state index contributed by atoms with van der Waals surface area (Å²) in [5.41, 5.74) is 1.71. The van der Waals surface area contributed by atoms with Crippen molar-refractivity contribution in [2.24, 2.45) is 47.3 Å². The van der Waals surface area contributed by atoms with Gasteiger partial charge in [-0.15, -0.1) is 0 Å². The Labute approximate surface area is 191 Å². The standard InChI is InChI=1S/C28H49NO2/c1-17(2)23-13-19(14-24(18(3)4)27(23)31-5)15-25-22-12-11-21(16-26(22)29-28(25)30)20-9-7-6-8-10-20/h11,17-20,22-30H,6-10,12-16H2,1-5H3/t19?,22-,23?,24?,25?,26?,27?,28?/m0/s1. The number of nitrogens with one attached hydrogen (secondary N) is 1. The minimum Gasteiger partial charge on any atom is -0.381 e. The van der Waals surface area contributed by atoms with E-state index in [0.29, 0.717) is 47.7 Å². The maximum absolute atomic E-state index is 11.0. The molecule has 0 spiro atoms. The van der Waals surface area contributed by atoms with Gasteiger partial charge in [0.1, 0.15) is 6.23 Å². The first-order valence-electron chi connectivity index (χ1n) is 13.5. The summed E-state index contributed by atoms with van der Waals surface area (Å²) < 4.78 is 6.06. The molecule has 0 aromatic heterocycles. The van der Waals surface area contributed by atoms with Gasteiger partial charge in [-0.3, -0.25) is 5.32 Å². The molecule has 3 heteroatoms. The van der Waals surface area contributed by atoms with E-state index in [2.05, 4.69) is 39.1 Å². The Balaban J connectivity index is 1.43. The van der Waals surface area contributed by atoms with Crippen molar-refractivity contribution in [2.45, 2.75) is 110 Å². The molecular weight excluding hydrogens is 382 g/mol. The van der Waals surface area contributed by atoms with Crippen LogP contribution >= 0.6 is 0 Å². The number of allylic oxidation sites excluding steroid dienone is 1. The third kappa shape index (κ3) is 5.09. The first-order valence-corrected chi connectivity index (χ1v) is 13.5. The minimum atomic E-state index is -0.316. The van der Waals surface area contributed by atoms with Gasteiger partial charge in [-0.1, -0.05) is 58.6 Å². The number of rotatable bonds is 6. The Hall–Kier alpha value is -0.380. The summed E-state index contributed by atoms with van der Waals surface area (Å²) in [5, 5.41) is 14.7. The van der Waals surface area contributed by atoms with Crippen molar-refractivity contribution in [3.05, 3.63) is 11.6 Å². The normalized spacial score (nSPS) is 42.1. The number of ether oxygens (including phenoxy) is 1. The summed E-state index contributed by atoms with van der Waals surface area (Å²) in [6.45, 7) is 9.49. The third-order valence-electron chi connectivity index (χ3n) is 9.74. The monoisotopic (exact) mass is 431 g/mol. The molecule has 178 valence electrons. The summed E-state index contributed by atoms with van der Waals surface area (Å²) >= 11 is 0. The van der Waals surface area contributed by atoms with Gasteiger partial charge in [0, 0.05) is 19.1 Å². The summed E-state index contributed by atoms with van der Waals surface area (Å²) in [6.07, 6.45) is 15.8. The quantitative estimate of drug-likeness (QED) is 0.494. The summed E-state index contributed by atoms with van der Waals surface area (Å²) in [5.74, 6) is 5.18. The minimum absolute atomic E-state index is 0.316. The molecule has 6 atom stereocenters. The Morgan fingerprint density at radius 2 is 1.68 bits per heavy atom. The van der Waals surface area contributed by atoms with Crippen LogP contribution in [0.5, 0.6) is 0 Å². The molecular formula is C28H49NO2. The molecule has 1 aliphatic heterocycles. The second-order valence-electron chi connectivity index (χ2n) is 12.2. The first kappa shape index (κ1) is 23.8. The van der Waals surface area contributed by atoms with Crippen LogP contribution in [0.15, 0.2) is 11.6 Å². The second-order valence-corrected chi connectivity index (χ2v) is 12.2. The molecule has 4 rings (SSSR count). The van der Waals surface area contributed by atoms with Crippen molar-refractivity contribution in [2.75, 3.05) is 7.11 Å². The van der Waals surface area contributed by atoms with Crippen LogP contribution in [-0.4, -0.2) is 30.6 Å². The fourth-order valence-electron chi connectivity index (χ4n) is 7.97. The highest BCUT2D eigenvalue weighted by atomic mass is 16.5. The maximum Gasteiger partial charge on any atom is 0.108 e. The smallest absolute Gasteiger partial charge is 0.108 e. The molecule has 1 saturated heterocycles. The van der Waals surface area contributed by atoms with Crippen molar-refractivity contribution in [3.8, 4) is 0 Å². The number of fused-ring (bicyclic) bond motifs is 1. The molecule has 0 bridgehead atoms. The van der Waals surface area contributed by atoms with E-state index in [0.717, 1.165) is 11.8 Å². The maximum atomic E-state index is 11.0. The zero-order valence-electron chi connectivity index (χ0n) is 20.9. The van der Waals surface area contributed by atoms with Gasteiger partial charge < -0.3 is 9.84 Å². The zero-order valence-corrected chi connectivity index (χ0v) is 20.9. The lowest BCUT2D eigenvalue weighted by atomic mass is 9.63. The molecule has 1 heterocycles. The Bertz CT molecular complexity index is 590. The van der Waals surface area contributed by atoms with Gasteiger partial charge in [0.15, 0.2) is 0 Å². The number of aliphatic hydroxyl groups is 1. The Morgan fingerprint density at radius 3 is 2.26 bits per heavy atom. The predicted molar refractivity (Wildman–Crippen MR) is 129 cm³/mol. The largest absolute Gasteiger partial charge is 0.381 e. The molecule has 3 fully saturated rings. The molecule has 0 amide bonds. The van der Waals surface area contributed by atoms with Crippen LogP contribution in [0, 0.1) is 47.3 Å². The van der Waals surface area contributed by atoms with Gasteiger partial charge in [-0.05, 0) is 86.4 Å². The van der Waals surface area contributed by atoms with Crippen molar-refractivity contribution in [1.82, 2.24) is 5.32 Å². The number of hydrogen-bond acceptors (Lipinski definition) is 3. The van der Waals surface area contributed by atoms with Crippen LogP contribution in [0.1, 0.15) is 91.9 Å². The average Bonchev–Trinajstić information content (AvgIpc) is 3.07. The van der Waals surface area contributed by atoms with E-state index in [1.165, 1.54) is 64.2 Å². The molecule has 5 unspecified atom stereocenters. The second kappa shape index (κ2) is 10.3. The van der Waals surface area contributed by atoms with Gasteiger partial charge in [0.05, 0.1) is 6.10 Å². The van der Waals surface area contributed by atoms with Crippen molar-refractivity contribution < 1.29 is 9.84 Å². The van der Waals surface area contributed by atoms with Gasteiger partial charge in [-0.25, -0.2) is 0 Å². The molecule has 0 aromatic carbocycles. The Morgan fingerprint density at radius 1 is 1.03 bits per heavy atom. The topological polar surface area (TPSA) is 41.5 Å². The molecule has 3 nitrogen and oxygen atoms in total. The summed E-state index contributed by atoms with van der Waals surface area (Å²) in [4.78, 5) is 0. The molecule has 2 saturated carbocycles. The Kier molecular flexibility index (Phi) is 7.87.